The lowest BCUT2D eigenvalue weighted by Crippen LogP contribution is -2.33. The molecule has 2 N–H and O–H groups in total. The Bertz CT molecular complexity index is 502. The molecule has 1 saturated heterocycles. The third-order valence-electron chi connectivity index (χ3n) is 3.63. The summed E-state index contributed by atoms with van der Waals surface area (Å²) in [6, 6.07) is 0. The molecule has 1 aliphatic rings. The number of anilines is 2. The Morgan fingerprint density at radius 3 is 2.62 bits per heavy atom. The van der Waals surface area contributed by atoms with Crippen molar-refractivity contribution in [2.45, 2.75) is 26.2 Å². The molecule has 1 aliphatic heterocycles. The molecule has 0 aliphatic carbocycles. The van der Waals surface area contributed by atoms with E-state index in [1.54, 1.807) is 14.0 Å². The average Bonchev–Trinajstić information content (AvgIpc) is 2.47. The standard InChI is InChI=1S/C13H22N6O2/c1-10-11(19(20)21)12(17-13(14-2)16-10)15-6-9-18-7-4-3-5-8-18/h3-9H2,1-2H3,(H2,14,15,16,17). The first-order valence-electron chi connectivity index (χ1n) is 7.29. The largest absolute Gasteiger partial charge is 0.363 e. The number of aryl methyl sites for hydroxylation is 1. The monoisotopic (exact) mass is 294 g/mol. The van der Waals surface area contributed by atoms with E-state index in [-0.39, 0.29) is 11.5 Å². The lowest BCUT2D eigenvalue weighted by Gasteiger charge is -2.26. The van der Waals surface area contributed by atoms with E-state index < -0.39 is 4.92 Å². The number of piperidine rings is 1. The smallest absolute Gasteiger partial charge is 0.332 e. The zero-order chi connectivity index (χ0) is 15.2. The van der Waals surface area contributed by atoms with Gasteiger partial charge in [0, 0.05) is 20.1 Å². The van der Waals surface area contributed by atoms with Gasteiger partial charge in [-0.2, -0.15) is 4.98 Å². The van der Waals surface area contributed by atoms with Gasteiger partial charge in [-0.25, -0.2) is 4.98 Å². The summed E-state index contributed by atoms with van der Waals surface area (Å²) in [6.07, 6.45) is 3.76. The molecular formula is C13H22N6O2. The third kappa shape index (κ3) is 4.01. The first kappa shape index (κ1) is 15.4. The zero-order valence-corrected chi connectivity index (χ0v) is 12.6. The number of hydrogen-bond donors (Lipinski definition) is 2. The van der Waals surface area contributed by atoms with Crippen molar-refractivity contribution in [2.75, 3.05) is 43.9 Å². The molecule has 0 atom stereocenters. The van der Waals surface area contributed by atoms with Crippen molar-refractivity contribution in [2.24, 2.45) is 0 Å². The molecule has 0 amide bonds. The topological polar surface area (TPSA) is 96.2 Å². The fourth-order valence-corrected chi connectivity index (χ4v) is 2.54. The second kappa shape index (κ2) is 7.16. The van der Waals surface area contributed by atoms with Crippen LogP contribution in [0.1, 0.15) is 25.0 Å². The highest BCUT2D eigenvalue weighted by Crippen LogP contribution is 2.26. The van der Waals surface area contributed by atoms with E-state index in [9.17, 15) is 10.1 Å². The summed E-state index contributed by atoms with van der Waals surface area (Å²) >= 11 is 0. The van der Waals surface area contributed by atoms with Crippen LogP contribution < -0.4 is 10.6 Å². The van der Waals surface area contributed by atoms with Crippen molar-refractivity contribution in [3.8, 4) is 0 Å². The minimum absolute atomic E-state index is 0.0485. The Morgan fingerprint density at radius 1 is 1.29 bits per heavy atom. The Labute approximate surface area is 124 Å². The Balaban J connectivity index is 2.03. The SMILES string of the molecule is CNc1nc(C)c([N+](=O)[O-])c(NCCN2CCCCC2)n1. The molecular weight excluding hydrogens is 272 g/mol. The summed E-state index contributed by atoms with van der Waals surface area (Å²) in [5.74, 6) is 0.674. The van der Waals surface area contributed by atoms with Crippen molar-refractivity contribution in [3.63, 3.8) is 0 Å². The molecule has 116 valence electrons. The van der Waals surface area contributed by atoms with Crippen LogP contribution >= 0.6 is 0 Å². The molecule has 1 aromatic heterocycles. The summed E-state index contributed by atoms with van der Waals surface area (Å²) in [5, 5.41) is 17.1. The van der Waals surface area contributed by atoms with E-state index in [1.165, 1.54) is 19.3 Å². The molecule has 0 radical (unpaired) electrons. The quantitative estimate of drug-likeness (QED) is 0.608. The number of nitrogens with zero attached hydrogens (tertiary/aromatic N) is 4. The Kier molecular flexibility index (Phi) is 5.26. The lowest BCUT2D eigenvalue weighted by molar-refractivity contribution is -0.385. The summed E-state index contributed by atoms with van der Waals surface area (Å²) in [4.78, 5) is 21.3. The Hall–Kier alpha value is -1.96. The van der Waals surface area contributed by atoms with Crippen LogP contribution in [0.25, 0.3) is 0 Å². The fraction of sp³-hybridized carbons (Fsp3) is 0.692. The molecule has 0 spiro atoms. The normalized spacial score (nSPS) is 15.7. The molecule has 0 unspecified atom stereocenters. The van der Waals surface area contributed by atoms with Gasteiger partial charge < -0.3 is 15.5 Å². The first-order valence-corrected chi connectivity index (χ1v) is 7.29. The van der Waals surface area contributed by atoms with Gasteiger partial charge in [0.05, 0.1) is 4.92 Å². The highest BCUT2D eigenvalue weighted by molar-refractivity contribution is 5.60. The minimum Gasteiger partial charge on any atom is -0.363 e. The molecule has 1 aromatic rings. The van der Waals surface area contributed by atoms with Crippen LogP contribution in [0.2, 0.25) is 0 Å². The lowest BCUT2D eigenvalue weighted by atomic mass is 10.1. The zero-order valence-electron chi connectivity index (χ0n) is 12.6. The van der Waals surface area contributed by atoms with E-state index >= 15 is 0 Å². The molecule has 1 fully saturated rings. The van der Waals surface area contributed by atoms with E-state index in [1.807, 2.05) is 0 Å². The van der Waals surface area contributed by atoms with Gasteiger partial charge in [-0.15, -0.1) is 0 Å². The maximum atomic E-state index is 11.2. The molecule has 21 heavy (non-hydrogen) atoms. The van der Waals surface area contributed by atoms with Gasteiger partial charge in [0.15, 0.2) is 0 Å². The molecule has 0 aromatic carbocycles. The van der Waals surface area contributed by atoms with Crippen LogP contribution in [-0.4, -0.2) is 53.0 Å². The van der Waals surface area contributed by atoms with Gasteiger partial charge in [0.1, 0.15) is 5.69 Å². The van der Waals surface area contributed by atoms with Crippen LogP contribution in [0.4, 0.5) is 17.5 Å². The number of rotatable bonds is 6. The molecule has 2 rings (SSSR count). The van der Waals surface area contributed by atoms with E-state index in [0.717, 1.165) is 19.6 Å². The van der Waals surface area contributed by atoms with Crippen molar-refractivity contribution >= 4 is 17.5 Å². The third-order valence-corrected chi connectivity index (χ3v) is 3.63. The van der Waals surface area contributed by atoms with Crippen LogP contribution in [-0.2, 0) is 0 Å². The number of hydrogen-bond acceptors (Lipinski definition) is 7. The maximum absolute atomic E-state index is 11.2. The summed E-state index contributed by atoms with van der Waals surface area (Å²) in [7, 11) is 1.69. The van der Waals surface area contributed by atoms with Gasteiger partial charge >= 0.3 is 5.69 Å². The van der Waals surface area contributed by atoms with E-state index in [0.29, 0.717) is 18.2 Å². The Morgan fingerprint density at radius 2 is 2.00 bits per heavy atom. The fourth-order valence-electron chi connectivity index (χ4n) is 2.54. The van der Waals surface area contributed by atoms with Crippen molar-refractivity contribution in [1.82, 2.24) is 14.9 Å². The van der Waals surface area contributed by atoms with E-state index in [2.05, 4.69) is 25.5 Å². The number of likely N-dealkylation sites (tertiary alicyclic amines) is 1. The van der Waals surface area contributed by atoms with E-state index in [4.69, 9.17) is 0 Å². The second-order valence-electron chi connectivity index (χ2n) is 5.17. The summed E-state index contributed by atoms with van der Waals surface area (Å²) in [5.41, 5.74) is 0.312. The predicted molar refractivity (Wildman–Crippen MR) is 81.8 cm³/mol. The summed E-state index contributed by atoms with van der Waals surface area (Å²) in [6.45, 7) is 5.34. The minimum atomic E-state index is -0.433. The van der Waals surface area contributed by atoms with Crippen LogP contribution in [0.5, 0.6) is 0 Å². The molecule has 2 heterocycles. The number of nitrogens with one attached hydrogen (secondary N) is 2. The van der Waals surface area contributed by atoms with Crippen molar-refractivity contribution < 1.29 is 4.92 Å². The number of aromatic nitrogens is 2. The van der Waals surface area contributed by atoms with Gasteiger partial charge in [-0.3, -0.25) is 10.1 Å². The van der Waals surface area contributed by atoms with Crippen LogP contribution in [0, 0.1) is 17.0 Å². The number of nitro groups is 1. The average molecular weight is 294 g/mol. The van der Waals surface area contributed by atoms with Gasteiger partial charge in [-0.1, -0.05) is 6.42 Å². The van der Waals surface area contributed by atoms with Crippen molar-refractivity contribution in [1.29, 1.82) is 0 Å². The van der Waals surface area contributed by atoms with Gasteiger partial charge in [0.2, 0.25) is 11.8 Å². The molecule has 8 nitrogen and oxygen atoms in total. The van der Waals surface area contributed by atoms with Gasteiger partial charge in [0.25, 0.3) is 0 Å². The molecule has 0 saturated carbocycles. The van der Waals surface area contributed by atoms with Crippen molar-refractivity contribution in [3.05, 3.63) is 15.8 Å². The maximum Gasteiger partial charge on any atom is 0.332 e. The molecule has 0 bridgehead atoms. The highest BCUT2D eigenvalue weighted by atomic mass is 16.6. The van der Waals surface area contributed by atoms with Crippen LogP contribution in [0.15, 0.2) is 0 Å². The second-order valence-corrected chi connectivity index (χ2v) is 5.17. The predicted octanol–water partition coefficient (Wildman–Crippen LogP) is 1.63. The van der Waals surface area contributed by atoms with Crippen LogP contribution in [0.3, 0.4) is 0 Å². The first-order chi connectivity index (χ1) is 10.1. The summed E-state index contributed by atoms with van der Waals surface area (Å²) < 4.78 is 0. The molecule has 8 heteroatoms. The van der Waals surface area contributed by atoms with Gasteiger partial charge in [-0.05, 0) is 32.9 Å². The highest BCUT2D eigenvalue weighted by Gasteiger charge is 2.21.